The van der Waals surface area contributed by atoms with Crippen molar-refractivity contribution in [2.75, 3.05) is 0 Å². The van der Waals surface area contributed by atoms with E-state index in [0.717, 1.165) is 0 Å². The molecule has 0 fully saturated rings. The zero-order chi connectivity index (χ0) is 0. The van der Waals surface area contributed by atoms with Gasteiger partial charge in [0.25, 0.3) is 0 Å². The van der Waals surface area contributed by atoms with E-state index in [1.807, 2.05) is 0 Å². The zero-order valence-electron chi connectivity index (χ0n) is 55.4. The molecule has 0 unspecified atom stereocenters. The van der Waals surface area contributed by atoms with Gasteiger partial charge in [-0.25, -0.2) is 0 Å². The molecule has 56 heavy (non-hydrogen) atoms. The molecular formula is HINa55+55. The van der Waals surface area contributed by atoms with Crippen molar-refractivity contribution in [2.24, 2.45) is 0 Å². The smallest absolute Gasteiger partial charge is 0.107 e. The van der Waals surface area contributed by atoms with E-state index >= 15 is 0 Å². The molecule has 0 heterocycles. The molecule has 0 N–H and O–H groups in total. The van der Waals surface area contributed by atoms with Crippen molar-refractivity contribution in [2.45, 2.75) is 0 Å². The summed E-state index contributed by atoms with van der Waals surface area (Å²) in [5.41, 5.74) is 0. The van der Waals surface area contributed by atoms with Crippen LogP contribution in [0.25, 0.3) is 0 Å². The van der Waals surface area contributed by atoms with Gasteiger partial charge < -0.3 is 0 Å². The Labute approximate surface area is 1590 Å². The van der Waals surface area contributed by atoms with E-state index in [0.29, 0.717) is 0 Å². The molecule has 0 saturated carbocycles. The third-order valence-electron chi connectivity index (χ3n) is 0. The predicted octanol–water partition coefficient (Wildman–Crippen LogP) is -164. The van der Waals surface area contributed by atoms with Crippen molar-refractivity contribution in [1.29, 1.82) is 0 Å². The van der Waals surface area contributed by atoms with Gasteiger partial charge in [0, 0.05) is 0 Å². The van der Waals surface area contributed by atoms with Gasteiger partial charge in [0.2, 0.25) is 0 Å². The van der Waals surface area contributed by atoms with E-state index in [9.17, 15) is 0 Å². The van der Waals surface area contributed by atoms with Crippen LogP contribution in [0.5, 0.6) is 0 Å². The Morgan fingerprint density at radius 2 is 0.0357 bits per heavy atom. The van der Waals surface area contributed by atoms with Crippen LogP contribution in [0.4, 0.5) is 0 Å². The fraction of sp³-hybridized carbons (Fsp3) is 0. The van der Waals surface area contributed by atoms with Crippen LogP contribution >= 0.6 is 24.0 Å². The first-order valence-corrected chi connectivity index (χ1v) is 0. The van der Waals surface area contributed by atoms with Gasteiger partial charge in [-0.2, -0.15) is 0 Å². The van der Waals surface area contributed by atoms with Crippen molar-refractivity contribution in [3.8, 4) is 0 Å². The van der Waals surface area contributed by atoms with Crippen molar-refractivity contribution >= 4 is 24.0 Å². The standard InChI is InChI=1S/HI.55Na/h1H;;;;;;;;;;;;;;;;;;;;;;;;;;;;;;;;;;;;;;;;;;;;;;;;;;;;;;;/q;55*+1. The maximum absolute atomic E-state index is 0. The largest absolute Gasteiger partial charge is 1.00 e. The van der Waals surface area contributed by atoms with E-state index in [-0.39, 0.29) is 1650 Å². The summed E-state index contributed by atoms with van der Waals surface area (Å²) in [7, 11) is 0. The maximum atomic E-state index is 0. The monoisotopic (exact) mass is 1390 g/mol. The number of hydrogen-bond acceptors (Lipinski definition) is 0. The molecule has 0 aromatic heterocycles. The summed E-state index contributed by atoms with van der Waals surface area (Å²) in [4.78, 5) is 0. The van der Waals surface area contributed by atoms with Gasteiger partial charge in [0.05, 0.1) is 0 Å². The average Bonchev–Trinajstić information content (AvgIpc) is 0. The molecule has 0 rings (SSSR count). The number of rotatable bonds is 0. The van der Waals surface area contributed by atoms with E-state index in [1.54, 1.807) is 0 Å². The molecular weight excluding hydrogens is 1390 g/mol. The van der Waals surface area contributed by atoms with Crippen LogP contribution in [-0.4, -0.2) is 0 Å². The van der Waals surface area contributed by atoms with E-state index in [2.05, 4.69) is 0 Å². The molecule has 0 saturated heterocycles. The Kier molecular flexibility index (Phi) is 3380. The van der Waals surface area contributed by atoms with E-state index in [4.69, 9.17) is 0 Å². The first kappa shape index (κ1) is 441. The summed E-state index contributed by atoms with van der Waals surface area (Å²) in [6.45, 7) is 0. The summed E-state index contributed by atoms with van der Waals surface area (Å²) >= 11 is 0. The molecule has 0 amide bonds. The van der Waals surface area contributed by atoms with Gasteiger partial charge in [-0.3, -0.25) is 0 Å². The second kappa shape index (κ2) is 429. The molecule has 0 atom stereocenters. The first-order valence-electron chi connectivity index (χ1n) is 0. The summed E-state index contributed by atoms with van der Waals surface area (Å²) in [5, 5.41) is 0. The van der Waals surface area contributed by atoms with E-state index in [1.165, 1.54) is 0 Å². The summed E-state index contributed by atoms with van der Waals surface area (Å²) in [6.07, 6.45) is 0. The maximum Gasteiger partial charge on any atom is 1.00 e. The molecule has 8 valence electrons. The number of halogens is 1. The second-order valence-electron chi connectivity index (χ2n) is 0. The van der Waals surface area contributed by atoms with E-state index < -0.39 is 0 Å². The quantitative estimate of drug-likeness (QED) is 0.168. The normalized spacial score (nSPS) is 0. The van der Waals surface area contributed by atoms with Gasteiger partial charge in [-0.15, -0.1) is 24.0 Å². The van der Waals surface area contributed by atoms with Gasteiger partial charge in [-0.1, -0.05) is 0 Å². The van der Waals surface area contributed by atoms with Gasteiger partial charge in [0.1, 0.15) is 0 Å². The van der Waals surface area contributed by atoms with Crippen LogP contribution in [0.15, 0.2) is 0 Å². The van der Waals surface area contributed by atoms with Crippen molar-refractivity contribution in [3.63, 3.8) is 0 Å². The van der Waals surface area contributed by atoms with Crippen molar-refractivity contribution in [1.82, 2.24) is 0 Å². The Morgan fingerprint density at radius 1 is 0.0357 bits per heavy atom. The molecule has 56 heteroatoms. The van der Waals surface area contributed by atoms with Crippen LogP contribution < -0.4 is 1630 Å². The zero-order valence-corrected chi connectivity index (χ0v) is 168. The van der Waals surface area contributed by atoms with Crippen LogP contribution in [0.2, 0.25) is 0 Å². The molecule has 0 aliphatic heterocycles. The Morgan fingerprint density at radius 3 is 0.0357 bits per heavy atom. The van der Waals surface area contributed by atoms with Gasteiger partial charge in [0.15, 0.2) is 0 Å². The van der Waals surface area contributed by atoms with Gasteiger partial charge >= 0.3 is 1630 Å². The minimum Gasteiger partial charge on any atom is -0.107 e. The Hall–Kier alpha value is 55.7. The average molecular weight is 1390 g/mol. The SMILES string of the molecule is I.[Na+].[Na+].[Na+].[Na+].[Na+].[Na+].[Na+].[Na+].[Na+].[Na+].[Na+].[Na+].[Na+].[Na+].[Na+].[Na+].[Na+].[Na+].[Na+].[Na+].[Na+].[Na+].[Na+].[Na+].[Na+].[Na+].[Na+].[Na+].[Na+].[Na+].[Na+].[Na+].[Na+].[Na+].[Na+].[Na+].[Na+].[Na+].[Na+].[Na+].[Na+].[Na+].[Na+].[Na+].[Na+].[Na+].[Na+].[Na+].[Na+].[Na+].[Na+].[Na+].[Na+].[Na+].[Na+]. The van der Waals surface area contributed by atoms with Gasteiger partial charge in [-0.05, 0) is 0 Å². The van der Waals surface area contributed by atoms with Crippen molar-refractivity contribution < 1.29 is 1630 Å². The summed E-state index contributed by atoms with van der Waals surface area (Å²) in [5.74, 6) is 0. The van der Waals surface area contributed by atoms with Crippen LogP contribution in [0.1, 0.15) is 0 Å². The number of hydrogen-bond donors (Lipinski definition) is 0. The van der Waals surface area contributed by atoms with Crippen LogP contribution in [0.3, 0.4) is 0 Å². The third-order valence-corrected chi connectivity index (χ3v) is 0. The molecule has 0 spiro atoms. The second-order valence-corrected chi connectivity index (χ2v) is 0. The molecule has 0 aliphatic rings. The molecule has 0 aromatic carbocycles. The topological polar surface area (TPSA) is 0 Å². The molecule has 0 bridgehead atoms. The third kappa shape index (κ3) is 418. The molecule has 0 aromatic rings. The minimum absolute atomic E-state index is 0. The Bertz CT molecular complexity index is 7.24. The molecule has 0 nitrogen and oxygen atoms in total. The minimum atomic E-state index is 0. The molecule has 0 aliphatic carbocycles. The first-order chi connectivity index (χ1) is 0. The Balaban J connectivity index is 0. The fourth-order valence-electron chi connectivity index (χ4n) is 0. The molecule has 0 radical (unpaired) electrons. The predicted molar refractivity (Wildman–Crippen MR) is 15.4 cm³/mol. The fourth-order valence-corrected chi connectivity index (χ4v) is 0. The summed E-state index contributed by atoms with van der Waals surface area (Å²) < 4.78 is 0. The van der Waals surface area contributed by atoms with Crippen molar-refractivity contribution in [3.05, 3.63) is 0 Å². The summed E-state index contributed by atoms with van der Waals surface area (Å²) in [6, 6.07) is 0. The van der Waals surface area contributed by atoms with Crippen LogP contribution in [0, 0.1) is 0 Å². The van der Waals surface area contributed by atoms with Crippen LogP contribution in [-0.2, 0) is 0 Å².